The van der Waals surface area contributed by atoms with Gasteiger partial charge in [-0.1, -0.05) is 32.0 Å². The number of rotatable bonds is 6. The van der Waals surface area contributed by atoms with Crippen molar-refractivity contribution in [1.82, 2.24) is 4.90 Å². The molecule has 2 atom stereocenters. The molecule has 0 saturated carbocycles. The van der Waals surface area contributed by atoms with E-state index in [-0.39, 0.29) is 12.1 Å². The fraction of sp³-hybridized carbons (Fsp3) is 0.625. The van der Waals surface area contributed by atoms with Crippen molar-refractivity contribution < 1.29 is 9.47 Å². The van der Waals surface area contributed by atoms with Gasteiger partial charge in [0, 0.05) is 24.7 Å². The highest BCUT2D eigenvalue weighted by molar-refractivity contribution is 5.35. The third-order valence-electron chi connectivity index (χ3n) is 3.85. The summed E-state index contributed by atoms with van der Waals surface area (Å²) in [5.41, 5.74) is 7.21. The van der Waals surface area contributed by atoms with Crippen LogP contribution >= 0.6 is 0 Å². The predicted molar refractivity (Wildman–Crippen MR) is 81.0 cm³/mol. The van der Waals surface area contributed by atoms with E-state index in [0.29, 0.717) is 6.61 Å². The molecule has 1 aromatic carbocycles. The SMILES string of the molecule is CC[C@H](N)c1ccccc1OCC1CN(CC)CCO1. The molecule has 0 amide bonds. The average molecular weight is 278 g/mol. The summed E-state index contributed by atoms with van der Waals surface area (Å²) >= 11 is 0. The van der Waals surface area contributed by atoms with Crippen LogP contribution in [0.15, 0.2) is 24.3 Å². The van der Waals surface area contributed by atoms with E-state index in [1.807, 2.05) is 24.3 Å². The molecule has 1 saturated heterocycles. The van der Waals surface area contributed by atoms with Gasteiger partial charge in [0.25, 0.3) is 0 Å². The maximum atomic E-state index is 6.13. The van der Waals surface area contributed by atoms with Crippen LogP contribution < -0.4 is 10.5 Å². The monoisotopic (exact) mass is 278 g/mol. The van der Waals surface area contributed by atoms with Gasteiger partial charge in [0.1, 0.15) is 18.5 Å². The van der Waals surface area contributed by atoms with E-state index in [1.165, 1.54) is 0 Å². The number of ether oxygens (including phenoxy) is 2. The summed E-state index contributed by atoms with van der Waals surface area (Å²) in [6.45, 7) is 8.67. The Kier molecular flexibility index (Phi) is 5.83. The molecule has 4 heteroatoms. The van der Waals surface area contributed by atoms with Crippen molar-refractivity contribution in [1.29, 1.82) is 0 Å². The summed E-state index contributed by atoms with van der Waals surface area (Å²) in [6.07, 6.45) is 1.05. The van der Waals surface area contributed by atoms with Gasteiger partial charge >= 0.3 is 0 Å². The number of morpholine rings is 1. The van der Waals surface area contributed by atoms with Crippen LogP contribution in [0.3, 0.4) is 0 Å². The van der Waals surface area contributed by atoms with Crippen molar-refractivity contribution in [3.63, 3.8) is 0 Å². The number of para-hydroxylation sites is 1. The van der Waals surface area contributed by atoms with Crippen LogP contribution in [0.2, 0.25) is 0 Å². The second kappa shape index (κ2) is 7.62. The van der Waals surface area contributed by atoms with Crippen LogP contribution in [0.4, 0.5) is 0 Å². The maximum Gasteiger partial charge on any atom is 0.124 e. The van der Waals surface area contributed by atoms with E-state index < -0.39 is 0 Å². The van der Waals surface area contributed by atoms with Crippen LogP contribution in [-0.4, -0.2) is 43.9 Å². The second-order valence-corrected chi connectivity index (χ2v) is 5.25. The quantitative estimate of drug-likeness (QED) is 0.866. The van der Waals surface area contributed by atoms with Crippen LogP contribution in [0, 0.1) is 0 Å². The smallest absolute Gasteiger partial charge is 0.124 e. The van der Waals surface area contributed by atoms with Gasteiger partial charge in [0.2, 0.25) is 0 Å². The van der Waals surface area contributed by atoms with Crippen molar-refractivity contribution in [2.45, 2.75) is 32.4 Å². The fourth-order valence-electron chi connectivity index (χ4n) is 2.49. The largest absolute Gasteiger partial charge is 0.490 e. The van der Waals surface area contributed by atoms with Crippen LogP contribution in [-0.2, 0) is 4.74 Å². The summed E-state index contributed by atoms with van der Waals surface area (Å²) in [5.74, 6) is 0.888. The van der Waals surface area contributed by atoms with Crippen molar-refractivity contribution in [3.05, 3.63) is 29.8 Å². The molecule has 0 radical (unpaired) electrons. The molecule has 0 spiro atoms. The number of likely N-dealkylation sites (N-methyl/N-ethyl adjacent to an activating group) is 1. The predicted octanol–water partition coefficient (Wildman–Crippen LogP) is 2.20. The van der Waals surface area contributed by atoms with E-state index in [0.717, 1.165) is 44.0 Å². The average Bonchev–Trinajstić information content (AvgIpc) is 2.52. The van der Waals surface area contributed by atoms with Crippen molar-refractivity contribution >= 4 is 0 Å². The highest BCUT2D eigenvalue weighted by Gasteiger charge is 2.20. The molecule has 1 unspecified atom stereocenters. The van der Waals surface area contributed by atoms with Gasteiger partial charge < -0.3 is 15.2 Å². The van der Waals surface area contributed by atoms with Crippen LogP contribution in [0.25, 0.3) is 0 Å². The normalized spacial score (nSPS) is 21.6. The van der Waals surface area contributed by atoms with E-state index in [9.17, 15) is 0 Å². The maximum absolute atomic E-state index is 6.13. The molecule has 0 aliphatic carbocycles. The zero-order valence-corrected chi connectivity index (χ0v) is 12.5. The molecule has 1 heterocycles. The molecule has 4 nitrogen and oxygen atoms in total. The lowest BCUT2D eigenvalue weighted by Crippen LogP contribution is -2.44. The standard InChI is InChI=1S/C16H26N2O2/c1-3-15(17)14-7-5-6-8-16(14)20-12-13-11-18(4-2)9-10-19-13/h5-8,13,15H,3-4,9-12,17H2,1-2H3/t13?,15-/m0/s1. The molecule has 1 aliphatic heterocycles. The van der Waals surface area contributed by atoms with Gasteiger partial charge in [0.15, 0.2) is 0 Å². The summed E-state index contributed by atoms with van der Waals surface area (Å²) in [5, 5.41) is 0. The first-order valence-electron chi connectivity index (χ1n) is 7.55. The summed E-state index contributed by atoms with van der Waals surface area (Å²) in [4.78, 5) is 2.39. The van der Waals surface area contributed by atoms with Crippen LogP contribution in [0.1, 0.15) is 31.9 Å². The summed E-state index contributed by atoms with van der Waals surface area (Å²) in [7, 11) is 0. The van der Waals surface area contributed by atoms with Gasteiger partial charge in [-0.25, -0.2) is 0 Å². The van der Waals surface area contributed by atoms with Gasteiger partial charge in [-0.2, -0.15) is 0 Å². The molecule has 2 rings (SSSR count). The minimum absolute atomic E-state index is 0.0330. The van der Waals surface area contributed by atoms with Gasteiger partial charge in [-0.3, -0.25) is 4.90 Å². The van der Waals surface area contributed by atoms with Gasteiger partial charge in [-0.05, 0) is 19.0 Å². The highest BCUT2D eigenvalue weighted by atomic mass is 16.5. The third-order valence-corrected chi connectivity index (χ3v) is 3.85. The fourth-order valence-corrected chi connectivity index (χ4v) is 2.49. The van der Waals surface area contributed by atoms with Crippen LogP contribution in [0.5, 0.6) is 5.75 Å². The number of benzene rings is 1. The topological polar surface area (TPSA) is 47.7 Å². The molecular weight excluding hydrogens is 252 g/mol. The molecule has 1 fully saturated rings. The molecule has 112 valence electrons. The molecule has 20 heavy (non-hydrogen) atoms. The highest BCUT2D eigenvalue weighted by Crippen LogP contribution is 2.25. The Balaban J connectivity index is 1.93. The number of hydrogen-bond acceptors (Lipinski definition) is 4. The Hall–Kier alpha value is -1.10. The lowest BCUT2D eigenvalue weighted by molar-refractivity contribution is -0.0465. The van der Waals surface area contributed by atoms with Gasteiger partial charge in [0.05, 0.1) is 6.61 Å². The summed E-state index contributed by atoms with van der Waals surface area (Å²) in [6, 6.07) is 8.06. The first-order chi connectivity index (χ1) is 9.74. The Morgan fingerprint density at radius 2 is 2.20 bits per heavy atom. The third kappa shape index (κ3) is 3.95. The number of hydrogen-bond donors (Lipinski definition) is 1. The molecule has 0 aromatic heterocycles. The molecule has 2 N–H and O–H groups in total. The lowest BCUT2D eigenvalue weighted by Gasteiger charge is -2.32. The lowest BCUT2D eigenvalue weighted by atomic mass is 10.0. The molecule has 0 bridgehead atoms. The van der Waals surface area contributed by atoms with E-state index in [4.69, 9.17) is 15.2 Å². The van der Waals surface area contributed by atoms with Gasteiger partial charge in [-0.15, -0.1) is 0 Å². The van der Waals surface area contributed by atoms with Crippen molar-refractivity contribution in [3.8, 4) is 5.75 Å². The zero-order chi connectivity index (χ0) is 14.4. The Bertz CT molecular complexity index is 411. The number of nitrogens with two attached hydrogens (primary N) is 1. The molecule has 1 aliphatic rings. The zero-order valence-electron chi connectivity index (χ0n) is 12.5. The number of nitrogens with zero attached hydrogens (tertiary/aromatic N) is 1. The van der Waals surface area contributed by atoms with E-state index >= 15 is 0 Å². The Morgan fingerprint density at radius 1 is 1.40 bits per heavy atom. The molecule has 1 aromatic rings. The second-order valence-electron chi connectivity index (χ2n) is 5.25. The Labute approximate surface area is 121 Å². The minimum Gasteiger partial charge on any atom is -0.490 e. The van der Waals surface area contributed by atoms with E-state index in [2.05, 4.69) is 18.7 Å². The van der Waals surface area contributed by atoms with Crippen molar-refractivity contribution in [2.24, 2.45) is 5.73 Å². The minimum atomic E-state index is 0.0330. The summed E-state index contributed by atoms with van der Waals surface area (Å²) < 4.78 is 11.7. The first-order valence-corrected chi connectivity index (χ1v) is 7.55. The van der Waals surface area contributed by atoms with E-state index in [1.54, 1.807) is 0 Å². The molecular formula is C16H26N2O2. The van der Waals surface area contributed by atoms with Crippen molar-refractivity contribution in [2.75, 3.05) is 32.8 Å². The first kappa shape index (κ1) is 15.3. The Morgan fingerprint density at radius 3 is 2.95 bits per heavy atom.